The molecular formula is C25H28FN3O3S. The average molecular weight is 470 g/mol. The SMILES string of the molecule is O=C(Nc1ccc(CC(=O)N2CCSCC2)cc1)C1CCCN(C(=O)c2ccc(F)cc2)C1. The summed E-state index contributed by atoms with van der Waals surface area (Å²) < 4.78 is 13.1. The molecule has 0 aliphatic carbocycles. The van der Waals surface area contributed by atoms with Gasteiger partial charge in [0.05, 0.1) is 12.3 Å². The van der Waals surface area contributed by atoms with Crippen LogP contribution in [-0.4, -0.2) is 65.2 Å². The van der Waals surface area contributed by atoms with Crippen molar-refractivity contribution in [3.05, 3.63) is 65.5 Å². The third kappa shape index (κ3) is 6.13. The number of likely N-dealkylation sites (tertiary alicyclic amines) is 1. The minimum Gasteiger partial charge on any atom is -0.341 e. The first kappa shape index (κ1) is 23.3. The average Bonchev–Trinajstić information content (AvgIpc) is 2.86. The van der Waals surface area contributed by atoms with Crippen LogP contribution in [-0.2, 0) is 16.0 Å². The van der Waals surface area contributed by atoms with Gasteiger partial charge in [-0.05, 0) is 54.8 Å². The Morgan fingerprint density at radius 3 is 2.33 bits per heavy atom. The molecule has 2 aliphatic heterocycles. The fourth-order valence-electron chi connectivity index (χ4n) is 4.20. The first-order valence-electron chi connectivity index (χ1n) is 11.3. The lowest BCUT2D eigenvalue weighted by atomic mass is 9.96. The van der Waals surface area contributed by atoms with Crippen molar-refractivity contribution in [1.82, 2.24) is 9.80 Å². The highest BCUT2D eigenvalue weighted by molar-refractivity contribution is 7.99. The van der Waals surface area contributed by atoms with E-state index in [0.29, 0.717) is 37.2 Å². The van der Waals surface area contributed by atoms with Crippen LogP contribution in [0.5, 0.6) is 0 Å². The molecule has 4 rings (SSSR count). The summed E-state index contributed by atoms with van der Waals surface area (Å²) in [4.78, 5) is 41.6. The maximum atomic E-state index is 13.1. The van der Waals surface area contributed by atoms with Crippen molar-refractivity contribution < 1.29 is 18.8 Å². The smallest absolute Gasteiger partial charge is 0.253 e. The van der Waals surface area contributed by atoms with Crippen molar-refractivity contribution >= 4 is 35.2 Å². The predicted octanol–water partition coefficient (Wildman–Crippen LogP) is 3.43. The third-order valence-electron chi connectivity index (χ3n) is 6.11. The number of halogens is 1. The number of hydrogen-bond acceptors (Lipinski definition) is 4. The van der Waals surface area contributed by atoms with Gasteiger partial charge in [-0.15, -0.1) is 0 Å². The Hall–Kier alpha value is -2.87. The molecule has 6 nitrogen and oxygen atoms in total. The fraction of sp³-hybridized carbons (Fsp3) is 0.400. The van der Waals surface area contributed by atoms with Crippen LogP contribution < -0.4 is 5.32 Å². The molecule has 1 N–H and O–H groups in total. The van der Waals surface area contributed by atoms with Gasteiger partial charge in [-0.25, -0.2) is 4.39 Å². The van der Waals surface area contributed by atoms with Crippen LogP contribution in [0.3, 0.4) is 0 Å². The van der Waals surface area contributed by atoms with E-state index in [2.05, 4.69) is 5.32 Å². The Morgan fingerprint density at radius 2 is 1.64 bits per heavy atom. The van der Waals surface area contributed by atoms with Crippen molar-refractivity contribution in [2.45, 2.75) is 19.3 Å². The van der Waals surface area contributed by atoms with Crippen molar-refractivity contribution in [2.75, 3.05) is 43.0 Å². The van der Waals surface area contributed by atoms with Gasteiger partial charge in [0.25, 0.3) is 5.91 Å². The molecule has 0 spiro atoms. The van der Waals surface area contributed by atoms with Crippen LogP contribution >= 0.6 is 11.8 Å². The van der Waals surface area contributed by atoms with Crippen molar-refractivity contribution in [1.29, 1.82) is 0 Å². The quantitative estimate of drug-likeness (QED) is 0.729. The Balaban J connectivity index is 1.30. The van der Waals surface area contributed by atoms with Crippen molar-refractivity contribution in [2.24, 2.45) is 5.92 Å². The van der Waals surface area contributed by atoms with Crippen LogP contribution in [0.4, 0.5) is 10.1 Å². The Kier molecular flexibility index (Phi) is 7.65. The van der Waals surface area contributed by atoms with Crippen LogP contribution in [0, 0.1) is 11.7 Å². The normalized spacial score (nSPS) is 18.6. The first-order valence-corrected chi connectivity index (χ1v) is 12.5. The van der Waals surface area contributed by atoms with E-state index in [-0.39, 0.29) is 29.5 Å². The topological polar surface area (TPSA) is 69.7 Å². The second-order valence-corrected chi connectivity index (χ2v) is 9.68. The first-order chi connectivity index (χ1) is 16.0. The second kappa shape index (κ2) is 10.8. The van der Waals surface area contributed by atoms with Gasteiger partial charge in [0, 0.05) is 48.9 Å². The summed E-state index contributed by atoms with van der Waals surface area (Å²) in [5.74, 6) is 1.12. The summed E-state index contributed by atoms with van der Waals surface area (Å²) in [6.45, 7) is 2.53. The van der Waals surface area contributed by atoms with E-state index in [1.54, 1.807) is 4.90 Å². The van der Waals surface area contributed by atoms with Crippen molar-refractivity contribution in [3.8, 4) is 0 Å². The van der Waals surface area contributed by atoms with Gasteiger partial charge in [0.15, 0.2) is 0 Å². The molecule has 8 heteroatoms. The molecular weight excluding hydrogens is 441 g/mol. The third-order valence-corrected chi connectivity index (χ3v) is 7.05. The molecule has 174 valence electrons. The van der Waals surface area contributed by atoms with E-state index < -0.39 is 0 Å². The number of carbonyl (C=O) groups is 3. The highest BCUT2D eigenvalue weighted by Crippen LogP contribution is 2.21. The summed E-state index contributed by atoms with van der Waals surface area (Å²) in [5, 5.41) is 2.94. The highest BCUT2D eigenvalue weighted by Gasteiger charge is 2.29. The van der Waals surface area contributed by atoms with Gasteiger partial charge in [-0.3, -0.25) is 14.4 Å². The number of piperidine rings is 1. The van der Waals surface area contributed by atoms with Gasteiger partial charge in [0.2, 0.25) is 11.8 Å². The predicted molar refractivity (Wildman–Crippen MR) is 128 cm³/mol. The Labute approximate surface area is 197 Å². The molecule has 0 saturated carbocycles. The number of thioether (sulfide) groups is 1. The molecule has 2 aliphatic rings. The van der Waals surface area contributed by atoms with Crippen LogP contribution in [0.1, 0.15) is 28.8 Å². The molecule has 1 unspecified atom stereocenters. The molecule has 3 amide bonds. The molecule has 0 bridgehead atoms. The number of hydrogen-bond donors (Lipinski definition) is 1. The number of nitrogens with one attached hydrogen (secondary N) is 1. The van der Waals surface area contributed by atoms with Crippen LogP contribution in [0.15, 0.2) is 48.5 Å². The zero-order chi connectivity index (χ0) is 23.2. The number of benzene rings is 2. The summed E-state index contributed by atoms with van der Waals surface area (Å²) in [6.07, 6.45) is 1.81. The second-order valence-electron chi connectivity index (χ2n) is 8.45. The van der Waals surface area contributed by atoms with Crippen LogP contribution in [0.25, 0.3) is 0 Å². The van der Waals surface area contributed by atoms with E-state index in [1.165, 1.54) is 24.3 Å². The zero-order valence-electron chi connectivity index (χ0n) is 18.5. The monoisotopic (exact) mass is 469 g/mol. The molecule has 0 radical (unpaired) electrons. The fourth-order valence-corrected chi connectivity index (χ4v) is 5.10. The number of amides is 3. The van der Waals surface area contributed by atoms with Gasteiger partial charge >= 0.3 is 0 Å². The van der Waals surface area contributed by atoms with E-state index >= 15 is 0 Å². The van der Waals surface area contributed by atoms with E-state index in [9.17, 15) is 18.8 Å². The van der Waals surface area contributed by atoms with Gasteiger partial charge < -0.3 is 15.1 Å². The molecule has 2 saturated heterocycles. The molecule has 2 heterocycles. The van der Waals surface area contributed by atoms with Crippen LogP contribution in [0.2, 0.25) is 0 Å². The Bertz CT molecular complexity index is 991. The van der Waals surface area contributed by atoms with E-state index in [1.807, 2.05) is 40.9 Å². The summed E-state index contributed by atoms with van der Waals surface area (Å²) >= 11 is 1.87. The summed E-state index contributed by atoms with van der Waals surface area (Å²) in [7, 11) is 0. The largest absolute Gasteiger partial charge is 0.341 e. The van der Waals surface area contributed by atoms with E-state index in [0.717, 1.165) is 36.6 Å². The molecule has 1 atom stereocenters. The maximum absolute atomic E-state index is 13.1. The minimum absolute atomic E-state index is 0.124. The van der Waals surface area contributed by atoms with Gasteiger partial charge in [0.1, 0.15) is 5.82 Å². The molecule has 0 aromatic heterocycles. The minimum atomic E-state index is -0.386. The van der Waals surface area contributed by atoms with E-state index in [4.69, 9.17) is 0 Å². The standard InChI is InChI=1S/C25H28FN3O3S/c26-21-7-5-19(6-8-21)25(32)29-11-1-2-20(17-29)24(31)27-22-9-3-18(4-10-22)16-23(30)28-12-14-33-15-13-28/h3-10,20H,1-2,11-17H2,(H,27,31). The summed E-state index contributed by atoms with van der Waals surface area (Å²) in [5.41, 5.74) is 2.02. The zero-order valence-corrected chi connectivity index (χ0v) is 19.3. The number of nitrogens with zero attached hydrogens (tertiary/aromatic N) is 2. The molecule has 2 aromatic rings. The molecule has 2 fully saturated rings. The Morgan fingerprint density at radius 1 is 0.939 bits per heavy atom. The van der Waals surface area contributed by atoms with Gasteiger partial charge in [-0.1, -0.05) is 12.1 Å². The number of anilines is 1. The highest BCUT2D eigenvalue weighted by atomic mass is 32.2. The number of carbonyl (C=O) groups excluding carboxylic acids is 3. The van der Waals surface area contributed by atoms with Crippen molar-refractivity contribution in [3.63, 3.8) is 0 Å². The summed E-state index contributed by atoms with van der Waals surface area (Å²) in [6, 6.07) is 12.9. The lowest BCUT2D eigenvalue weighted by Crippen LogP contribution is -2.43. The molecule has 2 aromatic carbocycles. The molecule has 33 heavy (non-hydrogen) atoms. The lowest BCUT2D eigenvalue weighted by molar-refractivity contribution is -0.130. The van der Waals surface area contributed by atoms with Gasteiger partial charge in [-0.2, -0.15) is 11.8 Å². The number of rotatable bonds is 5. The lowest BCUT2D eigenvalue weighted by Gasteiger charge is -2.32. The maximum Gasteiger partial charge on any atom is 0.253 e.